The molecule has 2 aliphatic rings. The van der Waals surface area contributed by atoms with E-state index >= 15 is 0 Å². The van der Waals surface area contributed by atoms with Gasteiger partial charge < -0.3 is 5.32 Å². The molecule has 0 aromatic carbocycles. The molecule has 1 aliphatic heterocycles. The molecule has 3 nitrogen and oxygen atoms in total. The van der Waals surface area contributed by atoms with Gasteiger partial charge in [-0.3, -0.25) is 9.88 Å². The van der Waals surface area contributed by atoms with Gasteiger partial charge in [-0.25, -0.2) is 0 Å². The standard InChI is InChI=1S/C13H19N3/c1-2-12(10-15-5-1)13(11-3-4-11)16-8-6-14-7-9-16/h1-2,5,10-11,13-14H,3-4,6-9H2/t13-/m0/s1. The molecule has 2 fully saturated rings. The first-order valence-corrected chi connectivity index (χ1v) is 6.30. The summed E-state index contributed by atoms with van der Waals surface area (Å²) in [5.41, 5.74) is 1.41. The summed E-state index contributed by atoms with van der Waals surface area (Å²) in [6.07, 6.45) is 6.70. The zero-order valence-electron chi connectivity index (χ0n) is 9.60. The Kier molecular flexibility index (Phi) is 2.89. The van der Waals surface area contributed by atoms with Crippen LogP contribution in [0.1, 0.15) is 24.4 Å². The smallest absolute Gasteiger partial charge is 0.0392 e. The van der Waals surface area contributed by atoms with E-state index in [2.05, 4.69) is 27.3 Å². The van der Waals surface area contributed by atoms with Crippen LogP contribution in [0.3, 0.4) is 0 Å². The van der Waals surface area contributed by atoms with E-state index in [-0.39, 0.29) is 0 Å². The summed E-state index contributed by atoms with van der Waals surface area (Å²) in [5, 5.41) is 3.42. The molecule has 1 saturated heterocycles. The van der Waals surface area contributed by atoms with Crippen LogP contribution in [-0.2, 0) is 0 Å². The fraction of sp³-hybridized carbons (Fsp3) is 0.615. The Labute approximate surface area is 96.9 Å². The summed E-state index contributed by atoms with van der Waals surface area (Å²) in [7, 11) is 0. The minimum Gasteiger partial charge on any atom is -0.314 e. The van der Waals surface area contributed by atoms with E-state index in [1.165, 1.54) is 31.5 Å². The molecule has 0 bridgehead atoms. The van der Waals surface area contributed by atoms with Crippen molar-refractivity contribution in [1.29, 1.82) is 0 Å². The molecule has 16 heavy (non-hydrogen) atoms. The number of pyridine rings is 1. The predicted octanol–water partition coefficient (Wildman–Crippen LogP) is 1.44. The molecule has 1 aromatic rings. The van der Waals surface area contributed by atoms with Gasteiger partial charge in [0.25, 0.3) is 0 Å². The van der Waals surface area contributed by atoms with Crippen LogP contribution < -0.4 is 5.32 Å². The van der Waals surface area contributed by atoms with Crippen LogP contribution in [-0.4, -0.2) is 36.1 Å². The van der Waals surface area contributed by atoms with Crippen molar-refractivity contribution in [2.75, 3.05) is 26.2 Å². The normalized spacial score (nSPS) is 24.2. The molecule has 3 heteroatoms. The van der Waals surface area contributed by atoms with Gasteiger partial charge in [-0.2, -0.15) is 0 Å². The lowest BCUT2D eigenvalue weighted by molar-refractivity contribution is 0.156. The largest absolute Gasteiger partial charge is 0.314 e. The van der Waals surface area contributed by atoms with Gasteiger partial charge in [-0.15, -0.1) is 0 Å². The molecule has 0 unspecified atom stereocenters. The third-order valence-corrected chi connectivity index (χ3v) is 3.64. The minimum absolute atomic E-state index is 0.621. The van der Waals surface area contributed by atoms with Gasteiger partial charge >= 0.3 is 0 Å². The molecule has 2 heterocycles. The highest BCUT2D eigenvalue weighted by Crippen LogP contribution is 2.44. The van der Waals surface area contributed by atoms with Gasteiger partial charge in [-0.05, 0) is 30.4 Å². The Bertz CT molecular complexity index is 328. The van der Waals surface area contributed by atoms with E-state index in [1.807, 2.05) is 12.4 Å². The highest BCUT2D eigenvalue weighted by Gasteiger charge is 2.36. The lowest BCUT2D eigenvalue weighted by atomic mass is 10.0. The monoisotopic (exact) mass is 217 g/mol. The number of hydrogen-bond donors (Lipinski definition) is 1. The van der Waals surface area contributed by atoms with Gasteiger partial charge in [0, 0.05) is 44.6 Å². The molecule has 1 atom stereocenters. The zero-order chi connectivity index (χ0) is 10.8. The highest BCUT2D eigenvalue weighted by molar-refractivity contribution is 5.17. The summed E-state index contributed by atoms with van der Waals surface area (Å²) in [6, 6.07) is 4.92. The first-order valence-electron chi connectivity index (χ1n) is 6.30. The van der Waals surface area contributed by atoms with Gasteiger partial charge in [0.1, 0.15) is 0 Å². The predicted molar refractivity (Wildman–Crippen MR) is 64.1 cm³/mol. The fourth-order valence-electron chi connectivity index (χ4n) is 2.70. The van der Waals surface area contributed by atoms with Crippen molar-refractivity contribution >= 4 is 0 Å². The second kappa shape index (κ2) is 4.52. The summed E-state index contributed by atoms with van der Waals surface area (Å²) in [5.74, 6) is 0.877. The van der Waals surface area contributed by atoms with Crippen molar-refractivity contribution in [3.05, 3.63) is 30.1 Å². The second-order valence-corrected chi connectivity index (χ2v) is 4.85. The molecule has 0 radical (unpaired) electrons. The topological polar surface area (TPSA) is 28.2 Å². The average Bonchev–Trinajstić information content (AvgIpc) is 3.17. The van der Waals surface area contributed by atoms with E-state index in [9.17, 15) is 0 Å². The van der Waals surface area contributed by atoms with E-state index in [0.717, 1.165) is 19.0 Å². The molecule has 0 amide bonds. The van der Waals surface area contributed by atoms with Crippen molar-refractivity contribution in [3.63, 3.8) is 0 Å². The third-order valence-electron chi connectivity index (χ3n) is 3.64. The maximum absolute atomic E-state index is 4.27. The first-order chi connectivity index (χ1) is 7.95. The van der Waals surface area contributed by atoms with Crippen LogP contribution in [0.2, 0.25) is 0 Å². The highest BCUT2D eigenvalue weighted by atomic mass is 15.2. The van der Waals surface area contributed by atoms with Crippen LogP contribution in [0, 0.1) is 5.92 Å². The molecule has 1 aromatic heterocycles. The van der Waals surface area contributed by atoms with Crippen LogP contribution >= 0.6 is 0 Å². The maximum Gasteiger partial charge on any atom is 0.0392 e. The van der Waals surface area contributed by atoms with E-state index in [0.29, 0.717) is 6.04 Å². The van der Waals surface area contributed by atoms with Gasteiger partial charge in [0.05, 0.1) is 0 Å². The lowest BCUT2D eigenvalue weighted by Crippen LogP contribution is -2.45. The summed E-state index contributed by atoms with van der Waals surface area (Å²) in [6.45, 7) is 4.61. The summed E-state index contributed by atoms with van der Waals surface area (Å²) >= 11 is 0. The molecule has 0 spiro atoms. The van der Waals surface area contributed by atoms with Crippen LogP contribution in [0.5, 0.6) is 0 Å². The van der Waals surface area contributed by atoms with Crippen molar-refractivity contribution in [2.24, 2.45) is 5.92 Å². The van der Waals surface area contributed by atoms with Crippen molar-refractivity contribution in [1.82, 2.24) is 15.2 Å². The molecular formula is C13H19N3. The number of rotatable bonds is 3. The Balaban J connectivity index is 1.80. The third kappa shape index (κ3) is 2.11. The Hall–Kier alpha value is -0.930. The Morgan fingerprint density at radius 3 is 2.75 bits per heavy atom. The van der Waals surface area contributed by atoms with Crippen molar-refractivity contribution < 1.29 is 0 Å². The lowest BCUT2D eigenvalue weighted by Gasteiger charge is -2.35. The number of piperazine rings is 1. The van der Waals surface area contributed by atoms with Crippen LogP contribution in [0.4, 0.5) is 0 Å². The average molecular weight is 217 g/mol. The maximum atomic E-state index is 4.27. The Morgan fingerprint density at radius 1 is 1.31 bits per heavy atom. The fourth-order valence-corrected chi connectivity index (χ4v) is 2.70. The molecule has 1 aliphatic carbocycles. The summed E-state index contributed by atoms with van der Waals surface area (Å²) < 4.78 is 0. The van der Waals surface area contributed by atoms with Crippen LogP contribution in [0.15, 0.2) is 24.5 Å². The molecule has 1 N–H and O–H groups in total. The number of nitrogens with one attached hydrogen (secondary N) is 1. The van der Waals surface area contributed by atoms with Gasteiger partial charge in [-0.1, -0.05) is 6.07 Å². The Morgan fingerprint density at radius 2 is 2.12 bits per heavy atom. The van der Waals surface area contributed by atoms with E-state index < -0.39 is 0 Å². The van der Waals surface area contributed by atoms with Crippen molar-refractivity contribution in [3.8, 4) is 0 Å². The van der Waals surface area contributed by atoms with Crippen LogP contribution in [0.25, 0.3) is 0 Å². The summed E-state index contributed by atoms with van der Waals surface area (Å²) in [4.78, 5) is 6.90. The minimum atomic E-state index is 0.621. The second-order valence-electron chi connectivity index (χ2n) is 4.85. The molecule has 3 rings (SSSR count). The SMILES string of the molecule is c1cncc([C@H](C2CC2)N2CCNCC2)c1. The van der Waals surface area contributed by atoms with Gasteiger partial charge in [0.2, 0.25) is 0 Å². The number of hydrogen-bond acceptors (Lipinski definition) is 3. The van der Waals surface area contributed by atoms with Gasteiger partial charge in [0.15, 0.2) is 0 Å². The molecule has 86 valence electrons. The van der Waals surface area contributed by atoms with Crippen molar-refractivity contribution in [2.45, 2.75) is 18.9 Å². The molecular weight excluding hydrogens is 198 g/mol. The number of aromatic nitrogens is 1. The quantitative estimate of drug-likeness (QED) is 0.830. The number of nitrogens with zero attached hydrogens (tertiary/aromatic N) is 2. The molecule has 1 saturated carbocycles. The zero-order valence-corrected chi connectivity index (χ0v) is 9.60. The first kappa shape index (κ1) is 10.2. The van der Waals surface area contributed by atoms with E-state index in [4.69, 9.17) is 0 Å². The van der Waals surface area contributed by atoms with E-state index in [1.54, 1.807) is 0 Å².